The first-order chi connectivity index (χ1) is 17.6. The van der Waals surface area contributed by atoms with E-state index in [2.05, 4.69) is 0 Å². The highest BCUT2D eigenvalue weighted by atomic mass is 16.5. The predicted molar refractivity (Wildman–Crippen MR) is 130 cm³/mol. The molecular weight excluding hydrogens is 478 g/mol. The third kappa shape index (κ3) is 3.89. The number of imide groups is 1. The predicted octanol–water partition coefficient (Wildman–Crippen LogP) is 2.70. The number of carboxylic acids is 1. The standard InChI is InChI=1S/C28H27NO8/c1-13-10-20(31)18-12-17-15(23(25(18)26(13)34)14-5-8-19(30)21(11-14)37-2)6-7-16-24(17)28(36)29(27(16)35)9-3-4-22(32)33/h5-6,8,10-11,16-17,23-24,30H,3-4,7,9,12H2,1-2H3,(H,32,33). The molecule has 4 aliphatic rings. The lowest BCUT2D eigenvalue weighted by molar-refractivity contribution is -0.142. The Hall–Kier alpha value is -4.01. The molecule has 4 atom stereocenters. The first-order valence-corrected chi connectivity index (χ1v) is 12.3. The number of allylic oxidation sites excluding steroid dienone is 6. The number of nitrogens with zero attached hydrogens (tertiary/aromatic N) is 1. The topological polar surface area (TPSA) is 138 Å². The fraction of sp³-hybridized carbons (Fsp3) is 0.393. The normalized spacial score (nSPS) is 26.9. The molecule has 1 saturated heterocycles. The summed E-state index contributed by atoms with van der Waals surface area (Å²) in [4.78, 5) is 65.3. The van der Waals surface area contributed by atoms with Crippen LogP contribution in [0.1, 0.15) is 44.1 Å². The SMILES string of the molecule is COc1cc(C2C3=CCC4C(=O)N(CCCC(=O)O)C(=O)C4C3CC3=C2C(=O)C(C)=CC3=O)ccc1O. The Morgan fingerprint density at radius 1 is 1.14 bits per heavy atom. The molecule has 2 amide bonds. The van der Waals surface area contributed by atoms with Crippen molar-refractivity contribution in [2.75, 3.05) is 13.7 Å². The van der Waals surface area contributed by atoms with Gasteiger partial charge < -0.3 is 14.9 Å². The van der Waals surface area contributed by atoms with Crippen molar-refractivity contribution in [3.63, 3.8) is 0 Å². The zero-order valence-corrected chi connectivity index (χ0v) is 20.5. The highest BCUT2D eigenvalue weighted by molar-refractivity contribution is 6.23. The van der Waals surface area contributed by atoms with E-state index in [4.69, 9.17) is 9.84 Å². The van der Waals surface area contributed by atoms with E-state index in [1.54, 1.807) is 19.1 Å². The molecule has 0 saturated carbocycles. The number of rotatable bonds is 6. The van der Waals surface area contributed by atoms with E-state index in [9.17, 15) is 29.1 Å². The largest absolute Gasteiger partial charge is 0.504 e. The lowest BCUT2D eigenvalue weighted by Crippen LogP contribution is -2.40. The molecular formula is C28H27NO8. The van der Waals surface area contributed by atoms with Gasteiger partial charge in [0.1, 0.15) is 0 Å². The number of ether oxygens (including phenoxy) is 1. The lowest BCUT2D eigenvalue weighted by atomic mass is 9.59. The number of aromatic hydroxyl groups is 1. The summed E-state index contributed by atoms with van der Waals surface area (Å²) in [6.07, 6.45) is 3.73. The maximum absolute atomic E-state index is 13.5. The van der Waals surface area contributed by atoms with Crippen molar-refractivity contribution in [2.45, 2.75) is 38.5 Å². The molecule has 0 radical (unpaired) electrons. The van der Waals surface area contributed by atoms with Gasteiger partial charge in [0.15, 0.2) is 23.1 Å². The van der Waals surface area contributed by atoms with E-state index < -0.39 is 29.6 Å². The molecule has 1 fully saturated rings. The highest BCUT2D eigenvalue weighted by Crippen LogP contribution is 2.55. The van der Waals surface area contributed by atoms with Crippen LogP contribution in [0.15, 0.2) is 52.6 Å². The van der Waals surface area contributed by atoms with Gasteiger partial charge in [-0.3, -0.25) is 28.9 Å². The zero-order chi connectivity index (χ0) is 26.6. The summed E-state index contributed by atoms with van der Waals surface area (Å²) in [6.45, 7) is 1.63. The Morgan fingerprint density at radius 2 is 1.89 bits per heavy atom. The first kappa shape index (κ1) is 24.7. The lowest BCUT2D eigenvalue weighted by Gasteiger charge is -2.42. The number of phenolic OH excluding ortho intramolecular Hbond substituents is 1. The fourth-order valence-corrected chi connectivity index (χ4v) is 6.29. The number of ketones is 2. The molecule has 192 valence electrons. The van der Waals surface area contributed by atoms with E-state index in [-0.39, 0.29) is 60.7 Å². The second-order valence-electron chi connectivity index (χ2n) is 9.99. The van der Waals surface area contributed by atoms with Gasteiger partial charge in [-0.25, -0.2) is 0 Å². The second kappa shape index (κ2) is 9.14. The quantitative estimate of drug-likeness (QED) is 0.342. The minimum atomic E-state index is -0.997. The molecule has 1 aromatic carbocycles. The molecule has 0 bridgehead atoms. The highest BCUT2D eigenvalue weighted by Gasteiger charge is 2.56. The number of fused-ring (bicyclic) bond motifs is 3. The molecule has 2 N–H and O–H groups in total. The van der Waals surface area contributed by atoms with Crippen molar-refractivity contribution >= 4 is 29.4 Å². The van der Waals surface area contributed by atoms with E-state index >= 15 is 0 Å². The number of hydrogen-bond donors (Lipinski definition) is 2. The summed E-state index contributed by atoms with van der Waals surface area (Å²) in [5, 5.41) is 19.1. The van der Waals surface area contributed by atoms with Crippen LogP contribution >= 0.6 is 0 Å². The van der Waals surface area contributed by atoms with Gasteiger partial charge in [0.25, 0.3) is 0 Å². The van der Waals surface area contributed by atoms with Gasteiger partial charge >= 0.3 is 5.97 Å². The molecule has 1 aromatic rings. The molecule has 0 aromatic heterocycles. The van der Waals surface area contributed by atoms with Crippen LogP contribution in [0, 0.1) is 17.8 Å². The number of likely N-dealkylation sites (tertiary alicyclic amines) is 1. The summed E-state index contributed by atoms with van der Waals surface area (Å²) < 4.78 is 5.29. The van der Waals surface area contributed by atoms with Crippen molar-refractivity contribution in [3.8, 4) is 11.5 Å². The maximum atomic E-state index is 13.5. The van der Waals surface area contributed by atoms with Crippen LogP contribution in [-0.2, 0) is 24.0 Å². The van der Waals surface area contributed by atoms with E-state index in [1.165, 1.54) is 19.3 Å². The molecule has 4 unspecified atom stereocenters. The number of phenols is 1. The average molecular weight is 506 g/mol. The van der Waals surface area contributed by atoms with Crippen molar-refractivity contribution in [2.24, 2.45) is 17.8 Å². The molecule has 5 rings (SSSR count). The first-order valence-electron chi connectivity index (χ1n) is 12.3. The minimum absolute atomic E-state index is 0.0326. The van der Waals surface area contributed by atoms with Crippen LogP contribution in [0.25, 0.3) is 0 Å². The number of carboxylic acid groups (broad SMARTS) is 1. The summed E-state index contributed by atoms with van der Waals surface area (Å²) in [5.74, 6) is -4.42. The van der Waals surface area contributed by atoms with Gasteiger partial charge in [-0.15, -0.1) is 0 Å². The summed E-state index contributed by atoms with van der Waals surface area (Å²) in [5.41, 5.74) is 2.50. The minimum Gasteiger partial charge on any atom is -0.504 e. The van der Waals surface area contributed by atoms with E-state index in [0.717, 1.165) is 10.5 Å². The number of carbonyl (C=O) groups is 5. The molecule has 9 heteroatoms. The van der Waals surface area contributed by atoms with Crippen LogP contribution in [-0.4, -0.2) is 58.1 Å². The molecule has 9 nitrogen and oxygen atoms in total. The maximum Gasteiger partial charge on any atom is 0.303 e. The Labute approximate surface area is 213 Å². The van der Waals surface area contributed by atoms with E-state index in [0.29, 0.717) is 28.7 Å². The van der Waals surface area contributed by atoms with Crippen molar-refractivity contribution < 1.29 is 38.9 Å². The van der Waals surface area contributed by atoms with Crippen LogP contribution in [0.2, 0.25) is 0 Å². The zero-order valence-electron chi connectivity index (χ0n) is 20.5. The molecule has 37 heavy (non-hydrogen) atoms. The summed E-state index contributed by atoms with van der Waals surface area (Å²) >= 11 is 0. The molecule has 3 aliphatic carbocycles. The van der Waals surface area contributed by atoms with E-state index in [1.807, 2.05) is 6.08 Å². The average Bonchev–Trinajstić information content (AvgIpc) is 3.11. The number of hydrogen-bond acceptors (Lipinski definition) is 7. The van der Waals surface area contributed by atoms with Crippen molar-refractivity contribution in [1.29, 1.82) is 0 Å². The van der Waals surface area contributed by atoms with Gasteiger partial charge in [-0.2, -0.15) is 0 Å². The molecule has 1 heterocycles. The smallest absolute Gasteiger partial charge is 0.303 e. The van der Waals surface area contributed by atoms with Gasteiger partial charge in [-0.1, -0.05) is 17.7 Å². The van der Waals surface area contributed by atoms with Gasteiger partial charge in [0.05, 0.1) is 18.9 Å². The van der Waals surface area contributed by atoms with Gasteiger partial charge in [-0.05, 0) is 55.9 Å². The Bertz CT molecular complexity index is 1350. The van der Waals surface area contributed by atoms with Crippen LogP contribution < -0.4 is 4.74 Å². The Kier molecular flexibility index (Phi) is 6.09. The number of aliphatic carboxylic acids is 1. The molecule has 0 spiro atoms. The van der Waals surface area contributed by atoms with Crippen LogP contribution in [0.4, 0.5) is 0 Å². The summed E-state index contributed by atoms with van der Waals surface area (Å²) in [6, 6.07) is 4.77. The fourth-order valence-electron chi connectivity index (χ4n) is 6.29. The Balaban J connectivity index is 1.59. The van der Waals surface area contributed by atoms with Crippen LogP contribution in [0.5, 0.6) is 11.5 Å². The summed E-state index contributed by atoms with van der Waals surface area (Å²) in [7, 11) is 1.42. The number of Topliss-reactive ketones (excluding diaryl/α,β-unsaturated/α-hetero) is 1. The van der Waals surface area contributed by atoms with Crippen LogP contribution in [0.3, 0.4) is 0 Å². The third-order valence-electron chi connectivity index (χ3n) is 7.97. The number of carbonyl (C=O) groups excluding carboxylic acids is 4. The van der Waals surface area contributed by atoms with Gasteiger partial charge in [0.2, 0.25) is 11.8 Å². The monoisotopic (exact) mass is 505 g/mol. The molecule has 1 aliphatic heterocycles. The number of amides is 2. The van der Waals surface area contributed by atoms with Crippen molar-refractivity contribution in [3.05, 3.63) is 58.2 Å². The number of methoxy groups -OCH3 is 1. The second-order valence-corrected chi connectivity index (χ2v) is 9.99. The third-order valence-corrected chi connectivity index (χ3v) is 7.97. The van der Waals surface area contributed by atoms with Crippen molar-refractivity contribution in [1.82, 2.24) is 4.90 Å². The Morgan fingerprint density at radius 3 is 2.59 bits per heavy atom. The van der Waals surface area contributed by atoms with Gasteiger partial charge in [0, 0.05) is 35.6 Å². The number of benzene rings is 1.